The van der Waals surface area contributed by atoms with Crippen LogP contribution in [0.5, 0.6) is 0 Å². The van der Waals surface area contributed by atoms with Gasteiger partial charge in [-0.05, 0) is 37.3 Å². The number of alkyl halides is 2. The lowest BCUT2D eigenvalue weighted by molar-refractivity contribution is -0.384. The number of rotatable bonds is 9. The average molecular weight is 454 g/mol. The number of hydrogen-bond donors (Lipinski definition) is 1. The van der Waals surface area contributed by atoms with Crippen LogP contribution < -0.4 is 5.32 Å². The number of amides is 1. The van der Waals surface area contributed by atoms with Crippen molar-refractivity contribution in [3.63, 3.8) is 0 Å². The Morgan fingerprint density at radius 1 is 1.06 bits per heavy atom. The van der Waals surface area contributed by atoms with Gasteiger partial charge in [0.25, 0.3) is 17.4 Å². The van der Waals surface area contributed by atoms with Gasteiger partial charge in [-0.15, -0.1) is 0 Å². The Bertz CT molecular complexity index is 984. The molecular weight excluding hydrogens is 438 g/mol. The number of nitro benzene ring substituents is 1. The molecule has 0 aliphatic rings. The first kappa shape index (κ1) is 23.7. The van der Waals surface area contributed by atoms with Gasteiger partial charge in [0, 0.05) is 22.7 Å². The Kier molecular flexibility index (Phi) is 8.43. The molecule has 1 N–H and O–H groups in total. The molecule has 0 radical (unpaired) electrons. The molecule has 0 saturated carbocycles. The Balaban J connectivity index is 2.01. The monoisotopic (exact) mass is 454 g/mol. The van der Waals surface area contributed by atoms with Gasteiger partial charge in [-0.25, -0.2) is 9.59 Å². The molecule has 0 aromatic heterocycles. The van der Waals surface area contributed by atoms with Crippen molar-refractivity contribution in [1.29, 1.82) is 0 Å². The van der Waals surface area contributed by atoms with E-state index in [9.17, 15) is 33.3 Å². The van der Waals surface area contributed by atoms with Crippen molar-refractivity contribution in [3.8, 4) is 0 Å². The Labute approximate surface area is 178 Å². The van der Waals surface area contributed by atoms with E-state index < -0.39 is 40.8 Å². The van der Waals surface area contributed by atoms with Crippen molar-refractivity contribution < 1.29 is 37.6 Å². The maximum Gasteiger partial charge on any atom is 0.338 e. The first-order chi connectivity index (χ1) is 14.7. The van der Waals surface area contributed by atoms with E-state index in [0.29, 0.717) is 22.3 Å². The highest BCUT2D eigenvalue weighted by Crippen LogP contribution is 2.26. The topological polar surface area (TPSA) is 125 Å². The number of ether oxygens (including phenoxy) is 2. The molecule has 12 heteroatoms. The highest BCUT2D eigenvalue weighted by molar-refractivity contribution is 7.99. The van der Waals surface area contributed by atoms with E-state index in [-0.39, 0.29) is 17.7 Å². The summed E-state index contributed by atoms with van der Waals surface area (Å²) in [5.74, 6) is -5.21. The van der Waals surface area contributed by atoms with Gasteiger partial charge in [0.1, 0.15) is 0 Å². The second-order valence-corrected chi connectivity index (χ2v) is 6.84. The van der Waals surface area contributed by atoms with E-state index in [1.54, 1.807) is 6.92 Å². The molecule has 9 nitrogen and oxygen atoms in total. The summed E-state index contributed by atoms with van der Waals surface area (Å²) < 4.78 is 34.2. The van der Waals surface area contributed by atoms with E-state index in [0.717, 1.165) is 18.2 Å². The largest absolute Gasteiger partial charge is 0.462 e. The number of carbonyl (C=O) groups excluding carboxylic acids is 3. The number of non-ortho nitro benzene ring substituents is 1. The summed E-state index contributed by atoms with van der Waals surface area (Å²) >= 11 is 0.351. The molecule has 0 unspecified atom stereocenters. The number of halogens is 2. The number of benzene rings is 2. The van der Waals surface area contributed by atoms with Gasteiger partial charge in [0.2, 0.25) is 0 Å². The fourth-order valence-corrected chi connectivity index (χ4v) is 2.80. The smallest absolute Gasteiger partial charge is 0.338 e. The molecule has 0 saturated heterocycles. The molecule has 2 aromatic rings. The molecule has 0 fully saturated rings. The molecular formula is C19H16F2N2O7S. The second kappa shape index (κ2) is 11.0. The third-order valence-electron chi connectivity index (χ3n) is 3.57. The maximum atomic E-state index is 12.3. The lowest BCUT2D eigenvalue weighted by Gasteiger charge is -2.08. The van der Waals surface area contributed by atoms with Gasteiger partial charge in [0.05, 0.1) is 22.7 Å². The number of thioether (sulfide) groups is 1. The van der Waals surface area contributed by atoms with Crippen LogP contribution in [0.3, 0.4) is 0 Å². The van der Waals surface area contributed by atoms with Crippen LogP contribution in [0.15, 0.2) is 47.4 Å². The predicted octanol–water partition coefficient (Wildman–Crippen LogP) is 3.88. The third kappa shape index (κ3) is 7.33. The van der Waals surface area contributed by atoms with Crippen LogP contribution >= 0.6 is 11.8 Å². The summed E-state index contributed by atoms with van der Waals surface area (Å²) in [6, 6.07) is 8.49. The number of nitrogens with one attached hydrogen (secondary N) is 1. The van der Waals surface area contributed by atoms with E-state index in [1.165, 1.54) is 24.3 Å². The van der Waals surface area contributed by atoms with E-state index >= 15 is 0 Å². The van der Waals surface area contributed by atoms with E-state index in [4.69, 9.17) is 9.47 Å². The van der Waals surface area contributed by atoms with Crippen molar-refractivity contribution in [2.75, 3.05) is 18.5 Å². The van der Waals surface area contributed by atoms with Crippen molar-refractivity contribution in [2.45, 2.75) is 17.6 Å². The molecule has 0 heterocycles. The van der Waals surface area contributed by atoms with Gasteiger partial charge in [0.15, 0.2) is 6.61 Å². The molecule has 1 amide bonds. The minimum absolute atomic E-state index is 0.0310. The van der Waals surface area contributed by atoms with Gasteiger partial charge in [-0.3, -0.25) is 14.9 Å². The van der Waals surface area contributed by atoms with Gasteiger partial charge < -0.3 is 14.8 Å². The van der Waals surface area contributed by atoms with Crippen LogP contribution in [0.1, 0.15) is 27.6 Å². The van der Waals surface area contributed by atoms with Crippen molar-refractivity contribution >= 4 is 41.0 Å². The lowest BCUT2D eigenvalue weighted by atomic mass is 10.1. The SMILES string of the molecule is CCOC(=O)c1cc(C(=O)OCC(=O)Nc2ccc(SC(F)F)cc2)cc([N+](=O)[O-])c1. The van der Waals surface area contributed by atoms with Crippen molar-refractivity contribution in [2.24, 2.45) is 0 Å². The number of nitro groups is 1. The summed E-state index contributed by atoms with van der Waals surface area (Å²) in [5.41, 5.74) is -0.754. The average Bonchev–Trinajstić information content (AvgIpc) is 2.72. The maximum absolute atomic E-state index is 12.3. The molecule has 2 rings (SSSR count). The summed E-state index contributed by atoms with van der Waals surface area (Å²) in [7, 11) is 0. The fourth-order valence-electron chi connectivity index (χ4n) is 2.30. The zero-order valence-corrected chi connectivity index (χ0v) is 16.8. The molecule has 164 valence electrons. The summed E-state index contributed by atoms with van der Waals surface area (Å²) in [4.78, 5) is 46.6. The number of anilines is 1. The van der Waals surface area contributed by atoms with Crippen LogP contribution in [-0.2, 0) is 14.3 Å². The first-order valence-electron chi connectivity index (χ1n) is 8.68. The zero-order valence-electron chi connectivity index (χ0n) is 16.0. The van der Waals surface area contributed by atoms with Crippen LogP contribution in [0.4, 0.5) is 20.2 Å². The highest BCUT2D eigenvalue weighted by Gasteiger charge is 2.20. The quantitative estimate of drug-likeness (QED) is 0.262. The number of nitrogens with zero attached hydrogens (tertiary/aromatic N) is 1. The first-order valence-corrected chi connectivity index (χ1v) is 9.56. The molecule has 0 aliphatic heterocycles. The second-order valence-electron chi connectivity index (χ2n) is 5.77. The number of carbonyl (C=O) groups is 3. The van der Waals surface area contributed by atoms with Crippen LogP contribution in [0.2, 0.25) is 0 Å². The number of esters is 2. The van der Waals surface area contributed by atoms with Crippen LogP contribution in [0.25, 0.3) is 0 Å². The fraction of sp³-hybridized carbons (Fsp3) is 0.211. The van der Waals surface area contributed by atoms with Gasteiger partial charge in [-0.1, -0.05) is 11.8 Å². The molecule has 0 spiro atoms. The zero-order chi connectivity index (χ0) is 23.0. The minimum atomic E-state index is -2.57. The summed E-state index contributed by atoms with van der Waals surface area (Å²) in [6.45, 7) is 0.862. The predicted molar refractivity (Wildman–Crippen MR) is 106 cm³/mol. The van der Waals surface area contributed by atoms with Crippen molar-refractivity contribution in [1.82, 2.24) is 0 Å². The van der Waals surface area contributed by atoms with E-state index in [2.05, 4.69) is 5.32 Å². The van der Waals surface area contributed by atoms with Gasteiger partial charge >= 0.3 is 11.9 Å². The summed E-state index contributed by atoms with van der Waals surface area (Å²) in [5, 5.41) is 13.5. The molecule has 0 atom stereocenters. The highest BCUT2D eigenvalue weighted by atomic mass is 32.2. The molecule has 0 bridgehead atoms. The van der Waals surface area contributed by atoms with Gasteiger partial charge in [-0.2, -0.15) is 8.78 Å². The third-order valence-corrected chi connectivity index (χ3v) is 4.30. The lowest BCUT2D eigenvalue weighted by Crippen LogP contribution is -2.21. The minimum Gasteiger partial charge on any atom is -0.462 e. The Morgan fingerprint density at radius 2 is 1.65 bits per heavy atom. The van der Waals surface area contributed by atoms with Crippen LogP contribution in [-0.4, -0.2) is 41.7 Å². The van der Waals surface area contributed by atoms with Crippen LogP contribution in [0, 0.1) is 10.1 Å². The Morgan fingerprint density at radius 3 is 2.16 bits per heavy atom. The Hall–Kier alpha value is -3.54. The molecule has 0 aliphatic carbocycles. The van der Waals surface area contributed by atoms with E-state index in [1.807, 2.05) is 0 Å². The summed E-state index contributed by atoms with van der Waals surface area (Å²) in [6.07, 6.45) is 0. The van der Waals surface area contributed by atoms with Crippen molar-refractivity contribution in [3.05, 3.63) is 63.7 Å². The normalized spacial score (nSPS) is 10.5. The number of hydrogen-bond acceptors (Lipinski definition) is 8. The molecule has 2 aromatic carbocycles. The molecule has 31 heavy (non-hydrogen) atoms. The standard InChI is InChI=1S/C19H16F2N2O7S/c1-2-29-17(25)11-7-12(9-14(8-11)23(27)28)18(26)30-10-16(24)22-13-3-5-15(6-4-13)31-19(20)21/h3-9,19H,2,10H2,1H3,(H,22,24).